The van der Waals surface area contributed by atoms with Gasteiger partial charge < -0.3 is 10.1 Å². The normalized spacial score (nSPS) is 10.1. The molecule has 1 amide bonds. The van der Waals surface area contributed by atoms with Gasteiger partial charge in [0.2, 0.25) is 0 Å². The van der Waals surface area contributed by atoms with Crippen molar-refractivity contribution < 1.29 is 19.0 Å². The average Bonchev–Trinajstić information content (AvgIpc) is 2.83. The third-order valence-corrected chi connectivity index (χ3v) is 2.20. The van der Waals surface area contributed by atoms with Crippen molar-refractivity contribution in [2.45, 2.75) is 6.92 Å². The summed E-state index contributed by atoms with van der Waals surface area (Å²) in [6, 6.07) is 5.43. The first-order valence-corrected chi connectivity index (χ1v) is 5.52. The smallest absolute Gasteiger partial charge is 0.417 e. The maximum absolute atomic E-state index is 11.6. The summed E-state index contributed by atoms with van der Waals surface area (Å²) in [6.07, 6.45) is -0.0960. The van der Waals surface area contributed by atoms with E-state index >= 15 is 0 Å². The Balaban J connectivity index is 1.86. The van der Waals surface area contributed by atoms with Crippen LogP contribution in [0.2, 0.25) is 0 Å². The monoisotopic (exact) mass is 278 g/mol. The van der Waals surface area contributed by atoms with Crippen LogP contribution in [-0.4, -0.2) is 27.6 Å². The van der Waals surface area contributed by atoms with E-state index in [1.54, 1.807) is 6.92 Å². The van der Waals surface area contributed by atoms with E-state index in [2.05, 4.69) is 20.0 Å². The number of ether oxygens (including phenoxy) is 1. The fraction of sp³-hybridized carbons (Fsp3) is 0.182. The number of nitrogens with zero attached hydrogens (tertiary/aromatic N) is 3. The molecule has 0 radical (unpaired) electrons. The zero-order chi connectivity index (χ0) is 14.5. The second-order valence-corrected chi connectivity index (χ2v) is 3.75. The molecule has 0 spiro atoms. The molecule has 2 aromatic rings. The summed E-state index contributed by atoms with van der Waals surface area (Å²) in [5.41, 5.74) is 0.367. The second kappa shape index (κ2) is 5.78. The molecule has 1 aromatic heterocycles. The molecule has 20 heavy (non-hydrogen) atoms. The van der Waals surface area contributed by atoms with Crippen molar-refractivity contribution in [3.63, 3.8) is 0 Å². The Morgan fingerprint density at radius 1 is 1.45 bits per heavy atom. The Morgan fingerprint density at radius 3 is 2.70 bits per heavy atom. The number of amides is 1. The minimum Gasteiger partial charge on any atom is -0.439 e. The van der Waals surface area contributed by atoms with E-state index in [0.29, 0.717) is 11.5 Å². The first-order valence-electron chi connectivity index (χ1n) is 5.52. The van der Waals surface area contributed by atoms with Gasteiger partial charge in [-0.3, -0.25) is 19.4 Å². The molecule has 0 fully saturated rings. The lowest BCUT2D eigenvalue weighted by Gasteiger charge is -2.04. The predicted octanol–water partition coefficient (Wildman–Crippen LogP) is 1.30. The lowest BCUT2D eigenvalue weighted by Crippen LogP contribution is -2.20. The summed E-state index contributed by atoms with van der Waals surface area (Å²) < 4.78 is 9.63. The second-order valence-electron chi connectivity index (χ2n) is 3.75. The molecule has 9 nitrogen and oxygen atoms in total. The van der Waals surface area contributed by atoms with Gasteiger partial charge >= 0.3 is 6.08 Å². The van der Waals surface area contributed by atoms with Gasteiger partial charge in [0.15, 0.2) is 12.4 Å². The number of hydrogen-bond donors (Lipinski definition) is 1. The highest BCUT2D eigenvalue weighted by atomic mass is 16.6. The molecule has 0 aliphatic carbocycles. The summed E-state index contributed by atoms with van der Waals surface area (Å²) in [7, 11) is 0. The van der Waals surface area contributed by atoms with E-state index in [1.165, 1.54) is 24.3 Å². The van der Waals surface area contributed by atoms with Gasteiger partial charge in [0.25, 0.3) is 11.6 Å². The molecule has 0 saturated heterocycles. The number of hydrogen-bond acceptors (Lipinski definition) is 7. The van der Waals surface area contributed by atoms with Crippen molar-refractivity contribution in [3.8, 4) is 6.08 Å². The number of non-ortho nitro benzene ring substituents is 1. The third kappa shape index (κ3) is 3.51. The van der Waals surface area contributed by atoms with Gasteiger partial charge in [0.05, 0.1) is 4.92 Å². The molecular weight excluding hydrogens is 268 g/mol. The minimum absolute atomic E-state index is 0.0550. The van der Waals surface area contributed by atoms with Gasteiger partial charge in [0.1, 0.15) is 0 Å². The zero-order valence-corrected chi connectivity index (χ0v) is 10.4. The number of aromatic nitrogens is 2. The number of carbonyl (C=O) groups excluding carboxylic acids is 1. The van der Waals surface area contributed by atoms with E-state index in [-0.39, 0.29) is 18.4 Å². The molecule has 0 aliphatic heterocycles. The Labute approximate surface area is 112 Å². The van der Waals surface area contributed by atoms with Gasteiger partial charge in [-0.15, -0.1) is 0 Å². The molecule has 1 heterocycles. The first-order chi connectivity index (χ1) is 9.54. The summed E-state index contributed by atoms with van der Waals surface area (Å²) in [4.78, 5) is 25.3. The van der Waals surface area contributed by atoms with Gasteiger partial charge in [-0.05, 0) is 19.1 Å². The van der Waals surface area contributed by atoms with Gasteiger partial charge in [-0.2, -0.15) is 4.98 Å². The lowest BCUT2D eigenvalue weighted by molar-refractivity contribution is -0.384. The van der Waals surface area contributed by atoms with E-state index in [9.17, 15) is 14.9 Å². The molecule has 1 N–H and O–H groups in total. The maximum atomic E-state index is 11.6. The average molecular weight is 278 g/mol. The van der Waals surface area contributed by atoms with Crippen LogP contribution in [0.25, 0.3) is 0 Å². The summed E-state index contributed by atoms with van der Waals surface area (Å²) in [5.74, 6) is -0.0505. The lowest BCUT2D eigenvalue weighted by atomic mass is 10.3. The van der Waals surface area contributed by atoms with Crippen molar-refractivity contribution in [3.05, 3.63) is 40.2 Å². The summed E-state index contributed by atoms with van der Waals surface area (Å²) in [5, 5.41) is 16.5. The Bertz CT molecular complexity index is 622. The van der Waals surface area contributed by atoms with Crippen molar-refractivity contribution in [1.29, 1.82) is 0 Å². The van der Waals surface area contributed by atoms with Crippen LogP contribution in [0, 0.1) is 17.0 Å². The molecule has 2 rings (SSSR count). The standard InChI is InChI=1S/C11H10N4O5/c1-7-12-11(20-14-7)19-6-10(16)13-8-2-4-9(5-3-8)15(17)18/h2-5H,6H2,1H3,(H,13,16). The van der Waals surface area contributed by atoms with E-state index in [1.807, 2.05) is 0 Å². The van der Waals surface area contributed by atoms with Crippen LogP contribution >= 0.6 is 0 Å². The van der Waals surface area contributed by atoms with Crippen LogP contribution in [0.15, 0.2) is 28.8 Å². The number of benzene rings is 1. The molecular formula is C11H10N4O5. The third-order valence-electron chi connectivity index (χ3n) is 2.20. The number of anilines is 1. The quantitative estimate of drug-likeness (QED) is 0.646. The molecule has 0 atom stereocenters. The van der Waals surface area contributed by atoms with E-state index in [0.717, 1.165) is 0 Å². The largest absolute Gasteiger partial charge is 0.439 e. The van der Waals surface area contributed by atoms with Gasteiger partial charge in [-0.1, -0.05) is 5.16 Å². The number of nitro groups is 1. The van der Waals surface area contributed by atoms with E-state index in [4.69, 9.17) is 4.74 Å². The number of carbonyl (C=O) groups is 1. The Morgan fingerprint density at radius 2 is 2.15 bits per heavy atom. The summed E-state index contributed by atoms with van der Waals surface area (Å²) >= 11 is 0. The van der Waals surface area contributed by atoms with Crippen LogP contribution in [0.4, 0.5) is 11.4 Å². The first kappa shape index (κ1) is 13.5. The minimum atomic E-state index is -0.521. The predicted molar refractivity (Wildman–Crippen MR) is 66.3 cm³/mol. The molecule has 0 aliphatic rings. The Hall–Kier alpha value is -2.97. The van der Waals surface area contributed by atoms with Crippen molar-refractivity contribution in [2.24, 2.45) is 0 Å². The zero-order valence-electron chi connectivity index (χ0n) is 10.4. The van der Waals surface area contributed by atoms with Crippen molar-refractivity contribution in [1.82, 2.24) is 10.1 Å². The van der Waals surface area contributed by atoms with Crippen LogP contribution in [0.5, 0.6) is 6.08 Å². The highest BCUT2D eigenvalue weighted by Crippen LogP contribution is 2.15. The highest BCUT2D eigenvalue weighted by Gasteiger charge is 2.09. The van der Waals surface area contributed by atoms with Crippen LogP contribution in [0.3, 0.4) is 0 Å². The number of aryl methyl sites for hydroxylation is 1. The van der Waals surface area contributed by atoms with Crippen LogP contribution < -0.4 is 10.1 Å². The van der Waals surface area contributed by atoms with Crippen LogP contribution in [-0.2, 0) is 4.79 Å². The molecule has 1 aromatic carbocycles. The van der Waals surface area contributed by atoms with Gasteiger partial charge in [-0.25, -0.2) is 0 Å². The molecule has 0 bridgehead atoms. The van der Waals surface area contributed by atoms with Crippen LogP contribution in [0.1, 0.15) is 5.82 Å². The molecule has 0 unspecified atom stereocenters. The SMILES string of the molecule is Cc1noc(OCC(=O)Nc2ccc([N+](=O)[O-])cc2)n1. The molecule has 9 heteroatoms. The van der Waals surface area contributed by atoms with Gasteiger partial charge in [0, 0.05) is 17.8 Å². The van der Waals surface area contributed by atoms with Crippen molar-refractivity contribution in [2.75, 3.05) is 11.9 Å². The molecule has 104 valence electrons. The number of nitro benzene ring substituents is 1. The number of rotatable bonds is 5. The van der Waals surface area contributed by atoms with E-state index < -0.39 is 10.8 Å². The number of nitrogens with one attached hydrogen (secondary N) is 1. The fourth-order valence-corrected chi connectivity index (χ4v) is 1.33. The van der Waals surface area contributed by atoms with Crippen molar-refractivity contribution >= 4 is 17.3 Å². The fourth-order valence-electron chi connectivity index (χ4n) is 1.33. The topological polar surface area (TPSA) is 120 Å². The summed E-state index contributed by atoms with van der Waals surface area (Å²) in [6.45, 7) is 1.31. The maximum Gasteiger partial charge on any atom is 0.417 e. The Kier molecular flexibility index (Phi) is 3.89. The molecule has 0 saturated carbocycles. The highest BCUT2D eigenvalue weighted by molar-refractivity contribution is 5.91.